The molecule has 3 N–H and O–H groups in total. The Labute approximate surface area is 166 Å². The highest BCUT2D eigenvalue weighted by molar-refractivity contribution is 6.05. The fourth-order valence-electron chi connectivity index (χ4n) is 3.87. The van der Waals surface area contributed by atoms with Crippen LogP contribution in [0, 0.1) is 5.92 Å². The maximum atomic E-state index is 12.9. The van der Waals surface area contributed by atoms with Crippen LogP contribution in [0.15, 0.2) is 18.2 Å². The van der Waals surface area contributed by atoms with Gasteiger partial charge in [0.25, 0.3) is 5.91 Å². The monoisotopic (exact) mass is 386 g/mol. The van der Waals surface area contributed by atoms with Crippen LogP contribution < -0.4 is 11.1 Å². The molecule has 0 bridgehead atoms. The van der Waals surface area contributed by atoms with E-state index < -0.39 is 6.04 Å². The molecule has 2 aliphatic heterocycles. The van der Waals surface area contributed by atoms with Crippen molar-refractivity contribution in [3.8, 4) is 0 Å². The van der Waals surface area contributed by atoms with E-state index in [-0.39, 0.29) is 30.2 Å². The van der Waals surface area contributed by atoms with Crippen molar-refractivity contribution < 1.29 is 14.4 Å². The molecule has 0 radical (unpaired) electrons. The number of hydrogen-bond acceptors (Lipinski definition) is 5. The molecule has 152 valence electrons. The SMILES string of the molecule is CC(C)C(N)CCN(C)Cc1cccc2c1CN(C1CCC(=O)NC1=O)C2=O. The van der Waals surface area contributed by atoms with E-state index in [0.29, 0.717) is 24.4 Å². The molecule has 7 heteroatoms. The van der Waals surface area contributed by atoms with Crippen LogP contribution in [0.25, 0.3) is 0 Å². The minimum absolute atomic E-state index is 0.129. The lowest BCUT2D eigenvalue weighted by molar-refractivity contribution is -0.136. The number of carbonyl (C=O) groups excluding carboxylic acids is 3. The van der Waals surface area contributed by atoms with Gasteiger partial charge in [-0.15, -0.1) is 0 Å². The summed E-state index contributed by atoms with van der Waals surface area (Å²) in [6, 6.07) is 5.36. The molecule has 2 heterocycles. The lowest BCUT2D eigenvalue weighted by atomic mass is 10.0. The molecule has 0 spiro atoms. The van der Waals surface area contributed by atoms with Gasteiger partial charge in [-0.25, -0.2) is 0 Å². The fraction of sp³-hybridized carbons (Fsp3) is 0.571. The number of rotatable bonds is 7. The molecule has 1 fully saturated rings. The second-order valence-corrected chi connectivity index (χ2v) is 8.28. The summed E-state index contributed by atoms with van der Waals surface area (Å²) in [6.45, 7) is 6.28. The number of nitrogens with one attached hydrogen (secondary N) is 1. The predicted octanol–water partition coefficient (Wildman–Crippen LogP) is 1.25. The normalized spacial score (nSPS) is 20.7. The average Bonchev–Trinajstić information content (AvgIpc) is 2.97. The van der Waals surface area contributed by atoms with E-state index in [1.165, 1.54) is 0 Å². The Morgan fingerprint density at radius 3 is 2.71 bits per heavy atom. The van der Waals surface area contributed by atoms with Crippen molar-refractivity contribution in [2.45, 2.75) is 58.3 Å². The Morgan fingerprint density at radius 1 is 1.29 bits per heavy atom. The molecule has 1 saturated heterocycles. The van der Waals surface area contributed by atoms with E-state index in [1.807, 2.05) is 18.2 Å². The van der Waals surface area contributed by atoms with Crippen LogP contribution in [0.1, 0.15) is 54.6 Å². The molecule has 2 unspecified atom stereocenters. The smallest absolute Gasteiger partial charge is 0.255 e. The van der Waals surface area contributed by atoms with Crippen LogP contribution >= 0.6 is 0 Å². The van der Waals surface area contributed by atoms with Gasteiger partial charge in [-0.3, -0.25) is 19.7 Å². The van der Waals surface area contributed by atoms with Crippen molar-refractivity contribution in [1.82, 2.24) is 15.1 Å². The zero-order valence-electron chi connectivity index (χ0n) is 16.9. The molecule has 7 nitrogen and oxygen atoms in total. The predicted molar refractivity (Wildman–Crippen MR) is 106 cm³/mol. The second-order valence-electron chi connectivity index (χ2n) is 8.28. The summed E-state index contributed by atoms with van der Waals surface area (Å²) in [5, 5.41) is 2.34. The Kier molecular flexibility index (Phi) is 6.15. The molecule has 0 aliphatic carbocycles. The van der Waals surface area contributed by atoms with Gasteiger partial charge in [0.05, 0.1) is 0 Å². The Hall–Kier alpha value is -2.25. The van der Waals surface area contributed by atoms with Gasteiger partial charge >= 0.3 is 0 Å². The molecule has 1 aromatic carbocycles. The highest BCUT2D eigenvalue weighted by Gasteiger charge is 2.39. The van der Waals surface area contributed by atoms with Crippen LogP contribution in [0.5, 0.6) is 0 Å². The van der Waals surface area contributed by atoms with Crippen molar-refractivity contribution in [3.05, 3.63) is 34.9 Å². The molecule has 2 atom stereocenters. The van der Waals surface area contributed by atoms with E-state index in [1.54, 1.807) is 4.90 Å². The zero-order valence-corrected chi connectivity index (χ0v) is 16.9. The first kappa shape index (κ1) is 20.5. The van der Waals surface area contributed by atoms with E-state index in [0.717, 1.165) is 30.6 Å². The maximum Gasteiger partial charge on any atom is 0.255 e. The van der Waals surface area contributed by atoms with Crippen molar-refractivity contribution in [2.75, 3.05) is 13.6 Å². The number of hydrogen-bond donors (Lipinski definition) is 2. The van der Waals surface area contributed by atoms with Gasteiger partial charge in [0.1, 0.15) is 6.04 Å². The van der Waals surface area contributed by atoms with Crippen molar-refractivity contribution in [2.24, 2.45) is 11.7 Å². The molecule has 0 aromatic heterocycles. The number of amides is 3. The Balaban J connectivity index is 1.70. The number of imide groups is 1. The third kappa shape index (κ3) is 4.25. The molecule has 1 aromatic rings. The summed E-state index contributed by atoms with van der Waals surface area (Å²) in [6.07, 6.45) is 1.57. The van der Waals surface area contributed by atoms with Crippen molar-refractivity contribution >= 4 is 17.7 Å². The highest BCUT2D eigenvalue weighted by atomic mass is 16.2. The quantitative estimate of drug-likeness (QED) is 0.688. The largest absolute Gasteiger partial charge is 0.327 e. The van der Waals surface area contributed by atoms with Gasteiger partial charge in [0.15, 0.2) is 0 Å². The summed E-state index contributed by atoms with van der Waals surface area (Å²) in [5.41, 5.74) is 8.89. The van der Waals surface area contributed by atoms with Gasteiger partial charge in [-0.2, -0.15) is 0 Å². The van der Waals surface area contributed by atoms with Crippen LogP contribution in [-0.2, 0) is 22.7 Å². The Morgan fingerprint density at radius 2 is 2.04 bits per heavy atom. The molecular weight excluding hydrogens is 356 g/mol. The van der Waals surface area contributed by atoms with Gasteiger partial charge < -0.3 is 15.5 Å². The van der Waals surface area contributed by atoms with Crippen molar-refractivity contribution in [1.29, 1.82) is 0 Å². The van der Waals surface area contributed by atoms with Gasteiger partial charge in [-0.1, -0.05) is 26.0 Å². The molecule has 3 amide bonds. The minimum Gasteiger partial charge on any atom is -0.327 e. The molecule has 28 heavy (non-hydrogen) atoms. The lowest BCUT2D eigenvalue weighted by Crippen LogP contribution is -2.52. The number of fused-ring (bicyclic) bond motifs is 1. The molecule has 0 saturated carbocycles. The summed E-state index contributed by atoms with van der Waals surface area (Å²) in [7, 11) is 2.06. The maximum absolute atomic E-state index is 12.9. The number of nitrogens with two attached hydrogens (primary N) is 1. The first-order valence-electron chi connectivity index (χ1n) is 9.97. The van der Waals surface area contributed by atoms with Crippen LogP contribution in [0.2, 0.25) is 0 Å². The van der Waals surface area contributed by atoms with E-state index in [4.69, 9.17) is 5.73 Å². The van der Waals surface area contributed by atoms with Crippen LogP contribution in [-0.4, -0.2) is 53.2 Å². The summed E-state index contributed by atoms with van der Waals surface area (Å²) < 4.78 is 0. The van der Waals surface area contributed by atoms with Gasteiger partial charge in [0, 0.05) is 31.1 Å². The molecule has 3 rings (SSSR count). The highest BCUT2D eigenvalue weighted by Crippen LogP contribution is 2.30. The fourth-order valence-corrected chi connectivity index (χ4v) is 3.87. The summed E-state index contributed by atoms with van der Waals surface area (Å²) in [5.74, 6) is -0.323. The van der Waals surface area contributed by atoms with E-state index >= 15 is 0 Å². The van der Waals surface area contributed by atoms with E-state index in [9.17, 15) is 14.4 Å². The topological polar surface area (TPSA) is 95.7 Å². The molecular formula is C21H30N4O3. The van der Waals surface area contributed by atoms with E-state index in [2.05, 4.69) is 31.1 Å². The number of nitrogens with zero attached hydrogens (tertiary/aromatic N) is 2. The summed E-state index contributed by atoms with van der Waals surface area (Å²) in [4.78, 5) is 40.3. The third-order valence-electron chi connectivity index (χ3n) is 5.82. The van der Waals surface area contributed by atoms with Crippen LogP contribution in [0.3, 0.4) is 0 Å². The minimum atomic E-state index is -0.577. The standard InChI is InChI=1S/C21H30N4O3/c1-13(2)17(22)9-10-24(3)11-14-5-4-6-15-16(14)12-25(21(15)28)18-7-8-19(26)23-20(18)27/h4-6,13,17-18H,7-12,22H2,1-3H3,(H,23,26,27). The number of benzene rings is 1. The third-order valence-corrected chi connectivity index (χ3v) is 5.82. The number of carbonyl (C=O) groups is 3. The van der Waals surface area contributed by atoms with Gasteiger partial charge in [-0.05, 0) is 49.5 Å². The Bertz CT molecular complexity index is 777. The summed E-state index contributed by atoms with van der Waals surface area (Å²) >= 11 is 0. The van der Waals surface area contributed by atoms with Crippen LogP contribution in [0.4, 0.5) is 0 Å². The zero-order chi connectivity index (χ0) is 20.4. The molecule has 2 aliphatic rings. The second kappa shape index (κ2) is 8.41. The van der Waals surface area contributed by atoms with Gasteiger partial charge in [0.2, 0.25) is 11.8 Å². The van der Waals surface area contributed by atoms with Crippen molar-refractivity contribution in [3.63, 3.8) is 0 Å². The average molecular weight is 386 g/mol. The lowest BCUT2D eigenvalue weighted by Gasteiger charge is -2.29. The first-order valence-corrected chi connectivity index (χ1v) is 9.97. The number of piperidine rings is 1. The first-order chi connectivity index (χ1) is 13.3.